The summed E-state index contributed by atoms with van der Waals surface area (Å²) in [5.41, 5.74) is 1.90. The van der Waals surface area contributed by atoms with Crippen LogP contribution in [0.4, 0.5) is 5.69 Å². The number of fused-ring (bicyclic) bond motifs is 1. The second-order valence-corrected chi connectivity index (χ2v) is 7.85. The monoisotopic (exact) mass is 358 g/mol. The molecule has 1 heterocycles. The molecule has 1 aliphatic heterocycles. The number of aryl methyl sites for hydroxylation is 1. The van der Waals surface area contributed by atoms with E-state index in [9.17, 15) is 9.59 Å². The molecule has 0 spiro atoms. The average molecular weight is 358 g/mol. The number of amides is 2. The van der Waals surface area contributed by atoms with Crippen molar-refractivity contribution in [2.45, 2.75) is 58.9 Å². The summed E-state index contributed by atoms with van der Waals surface area (Å²) < 4.78 is 5.50. The van der Waals surface area contributed by atoms with Crippen molar-refractivity contribution in [2.24, 2.45) is 11.8 Å². The molecule has 5 heteroatoms. The molecule has 142 valence electrons. The molecule has 0 radical (unpaired) electrons. The molecule has 3 rings (SSSR count). The van der Waals surface area contributed by atoms with Gasteiger partial charge in [0, 0.05) is 19.0 Å². The molecule has 1 aromatic carbocycles. The number of ether oxygens (including phenoxy) is 1. The van der Waals surface area contributed by atoms with Crippen molar-refractivity contribution in [3.8, 4) is 5.75 Å². The number of nitrogens with one attached hydrogen (secondary N) is 1. The van der Waals surface area contributed by atoms with Crippen molar-refractivity contribution in [2.75, 3.05) is 18.1 Å². The zero-order valence-corrected chi connectivity index (χ0v) is 16.1. The predicted molar refractivity (Wildman–Crippen MR) is 102 cm³/mol. The molecule has 0 unspecified atom stereocenters. The lowest BCUT2D eigenvalue weighted by molar-refractivity contribution is -0.123. The van der Waals surface area contributed by atoms with Gasteiger partial charge in [-0.05, 0) is 49.3 Å². The van der Waals surface area contributed by atoms with Gasteiger partial charge in [-0.2, -0.15) is 0 Å². The molecule has 1 fully saturated rings. The van der Waals surface area contributed by atoms with Crippen LogP contribution in [0.25, 0.3) is 0 Å². The van der Waals surface area contributed by atoms with E-state index in [4.69, 9.17) is 4.74 Å². The Morgan fingerprint density at radius 2 is 2.12 bits per heavy atom. The highest BCUT2D eigenvalue weighted by atomic mass is 16.5. The minimum atomic E-state index is -0.0433. The summed E-state index contributed by atoms with van der Waals surface area (Å²) in [6.45, 7) is 7.12. The second kappa shape index (κ2) is 8.11. The molecular formula is C21H30N2O3. The van der Waals surface area contributed by atoms with Gasteiger partial charge in [0.2, 0.25) is 5.91 Å². The van der Waals surface area contributed by atoms with Crippen LogP contribution in [0, 0.1) is 18.8 Å². The molecule has 1 saturated carbocycles. The third-order valence-electron chi connectivity index (χ3n) is 5.90. The van der Waals surface area contributed by atoms with Crippen molar-refractivity contribution in [1.29, 1.82) is 0 Å². The van der Waals surface area contributed by atoms with E-state index in [0.29, 0.717) is 37.3 Å². The van der Waals surface area contributed by atoms with Crippen molar-refractivity contribution in [1.82, 2.24) is 5.32 Å². The van der Waals surface area contributed by atoms with Crippen LogP contribution in [0.2, 0.25) is 0 Å². The maximum Gasteiger partial charge on any atom is 0.265 e. The van der Waals surface area contributed by atoms with E-state index in [-0.39, 0.29) is 18.4 Å². The average Bonchev–Trinajstić information content (AvgIpc) is 2.61. The van der Waals surface area contributed by atoms with Gasteiger partial charge in [0.25, 0.3) is 5.91 Å². The fourth-order valence-electron chi connectivity index (χ4n) is 4.02. The number of benzene rings is 1. The van der Waals surface area contributed by atoms with E-state index < -0.39 is 0 Å². The molecule has 1 aliphatic carbocycles. The van der Waals surface area contributed by atoms with Crippen LogP contribution in [0.1, 0.15) is 51.5 Å². The summed E-state index contributed by atoms with van der Waals surface area (Å²) in [5.74, 6) is 1.99. The van der Waals surface area contributed by atoms with E-state index in [1.807, 2.05) is 25.1 Å². The minimum absolute atomic E-state index is 0.0433. The fourth-order valence-corrected chi connectivity index (χ4v) is 4.02. The third kappa shape index (κ3) is 4.19. The molecule has 2 amide bonds. The first-order valence-electron chi connectivity index (χ1n) is 9.79. The number of anilines is 1. The Balaban J connectivity index is 1.52. The lowest BCUT2D eigenvalue weighted by atomic mass is 9.78. The summed E-state index contributed by atoms with van der Waals surface area (Å²) in [7, 11) is 0. The molecule has 0 aromatic heterocycles. The highest BCUT2D eigenvalue weighted by Crippen LogP contribution is 2.33. The smallest absolute Gasteiger partial charge is 0.265 e. The second-order valence-electron chi connectivity index (χ2n) is 7.85. The van der Waals surface area contributed by atoms with E-state index in [1.165, 1.54) is 12.8 Å². The van der Waals surface area contributed by atoms with Gasteiger partial charge < -0.3 is 15.0 Å². The van der Waals surface area contributed by atoms with Gasteiger partial charge in [-0.1, -0.05) is 32.8 Å². The van der Waals surface area contributed by atoms with E-state index in [0.717, 1.165) is 23.4 Å². The normalized spacial score (nSPS) is 25.4. The zero-order chi connectivity index (χ0) is 18.7. The van der Waals surface area contributed by atoms with Crippen molar-refractivity contribution < 1.29 is 14.3 Å². The predicted octanol–water partition coefficient (Wildman–Crippen LogP) is 3.44. The number of carbonyl (C=O) groups excluding carboxylic acids is 2. The molecule has 5 nitrogen and oxygen atoms in total. The van der Waals surface area contributed by atoms with Crippen LogP contribution in [-0.2, 0) is 9.59 Å². The molecule has 1 N–H and O–H groups in total. The molecule has 26 heavy (non-hydrogen) atoms. The maximum atomic E-state index is 12.3. The van der Waals surface area contributed by atoms with E-state index in [1.54, 1.807) is 4.90 Å². The topological polar surface area (TPSA) is 58.6 Å². The van der Waals surface area contributed by atoms with Gasteiger partial charge in [0.1, 0.15) is 5.75 Å². The first-order valence-corrected chi connectivity index (χ1v) is 9.79. The standard InChI is InChI=1S/C21H30N2O3/c1-14-9-10-19-18(12-14)23(21(25)13-26-19)11-5-8-20(24)22-17-7-4-6-15(2)16(17)3/h9-10,12,15-17H,4-8,11,13H2,1-3H3,(H,22,24)/t15-,16-,17+/m0/s1. The van der Waals surface area contributed by atoms with Crippen LogP contribution in [0.5, 0.6) is 5.75 Å². The van der Waals surface area contributed by atoms with Gasteiger partial charge in [0.05, 0.1) is 5.69 Å². The molecule has 0 saturated heterocycles. The number of carbonyl (C=O) groups is 2. The number of rotatable bonds is 5. The van der Waals surface area contributed by atoms with Crippen molar-refractivity contribution >= 4 is 17.5 Å². The SMILES string of the molecule is Cc1ccc2c(c1)N(CCCC(=O)N[C@@H]1CCC[C@H](C)[C@@H]1C)C(=O)CO2. The lowest BCUT2D eigenvalue weighted by Gasteiger charge is -2.34. The molecule has 3 atom stereocenters. The first-order chi connectivity index (χ1) is 12.5. The highest BCUT2D eigenvalue weighted by Gasteiger charge is 2.28. The molecule has 1 aromatic rings. The van der Waals surface area contributed by atoms with Gasteiger partial charge >= 0.3 is 0 Å². The Morgan fingerprint density at radius 3 is 2.92 bits per heavy atom. The quantitative estimate of drug-likeness (QED) is 0.877. The summed E-state index contributed by atoms with van der Waals surface area (Å²) in [5, 5.41) is 3.21. The van der Waals surface area contributed by atoms with Crippen LogP contribution >= 0.6 is 0 Å². The van der Waals surface area contributed by atoms with Crippen LogP contribution < -0.4 is 15.0 Å². The Morgan fingerprint density at radius 1 is 1.31 bits per heavy atom. The first kappa shape index (κ1) is 18.7. The number of hydrogen-bond acceptors (Lipinski definition) is 3. The summed E-state index contributed by atoms with van der Waals surface area (Å²) in [6.07, 6.45) is 4.62. The van der Waals surface area contributed by atoms with Crippen LogP contribution in [-0.4, -0.2) is 31.0 Å². The van der Waals surface area contributed by atoms with Crippen LogP contribution in [0.15, 0.2) is 18.2 Å². The van der Waals surface area contributed by atoms with Gasteiger partial charge in [-0.3, -0.25) is 9.59 Å². The minimum Gasteiger partial charge on any atom is -0.482 e. The van der Waals surface area contributed by atoms with Crippen molar-refractivity contribution in [3.05, 3.63) is 23.8 Å². The molecule has 2 aliphatic rings. The van der Waals surface area contributed by atoms with Gasteiger partial charge in [-0.15, -0.1) is 0 Å². The number of nitrogens with zero attached hydrogens (tertiary/aromatic N) is 1. The highest BCUT2D eigenvalue weighted by molar-refractivity contribution is 5.98. The Hall–Kier alpha value is -2.04. The Kier molecular flexibility index (Phi) is 5.84. The van der Waals surface area contributed by atoms with E-state index >= 15 is 0 Å². The number of hydrogen-bond donors (Lipinski definition) is 1. The molecule has 0 bridgehead atoms. The Labute approximate surface area is 156 Å². The van der Waals surface area contributed by atoms with E-state index in [2.05, 4.69) is 19.2 Å². The van der Waals surface area contributed by atoms with Crippen LogP contribution in [0.3, 0.4) is 0 Å². The molecular weight excluding hydrogens is 328 g/mol. The van der Waals surface area contributed by atoms with Crippen molar-refractivity contribution in [3.63, 3.8) is 0 Å². The lowest BCUT2D eigenvalue weighted by Crippen LogP contribution is -2.44. The fraction of sp³-hybridized carbons (Fsp3) is 0.619. The Bertz CT molecular complexity index is 673. The largest absolute Gasteiger partial charge is 0.482 e. The summed E-state index contributed by atoms with van der Waals surface area (Å²) >= 11 is 0. The zero-order valence-electron chi connectivity index (χ0n) is 16.1. The maximum absolute atomic E-state index is 12.3. The third-order valence-corrected chi connectivity index (χ3v) is 5.90. The summed E-state index contributed by atoms with van der Waals surface area (Å²) in [6, 6.07) is 6.15. The summed E-state index contributed by atoms with van der Waals surface area (Å²) in [4.78, 5) is 26.3. The van der Waals surface area contributed by atoms with Gasteiger partial charge in [-0.25, -0.2) is 0 Å². The van der Waals surface area contributed by atoms with Gasteiger partial charge in [0.15, 0.2) is 6.61 Å².